The summed E-state index contributed by atoms with van der Waals surface area (Å²) < 4.78 is 8.02. The number of ether oxygens (including phenoxy) is 1. The van der Waals surface area contributed by atoms with Crippen LogP contribution in [0.4, 0.5) is 0 Å². The lowest BCUT2D eigenvalue weighted by atomic mass is 9.98. The lowest BCUT2D eigenvalue weighted by molar-refractivity contribution is 0.131. The Morgan fingerprint density at radius 1 is 1.13 bits per heavy atom. The zero-order valence-corrected chi connectivity index (χ0v) is 13.3. The van der Waals surface area contributed by atoms with Crippen molar-refractivity contribution >= 4 is 0 Å². The van der Waals surface area contributed by atoms with Crippen LogP contribution >= 0.6 is 0 Å². The Labute approximate surface area is 135 Å². The van der Waals surface area contributed by atoms with Gasteiger partial charge in [0.2, 0.25) is 5.88 Å². The van der Waals surface area contributed by atoms with E-state index in [0.29, 0.717) is 11.8 Å². The molecular weight excluding hydrogens is 292 g/mol. The average Bonchev–Trinajstić information content (AvgIpc) is 3.20. The summed E-state index contributed by atoms with van der Waals surface area (Å²) in [7, 11) is 0. The summed E-state index contributed by atoms with van der Waals surface area (Å²) >= 11 is 0. The Hall–Kier alpha value is -2.02. The molecule has 122 valence electrons. The van der Waals surface area contributed by atoms with Crippen LogP contribution in [0.1, 0.15) is 30.9 Å². The van der Waals surface area contributed by atoms with Crippen LogP contribution in [0.25, 0.3) is 0 Å². The number of nitrogens with zero attached hydrogens (tertiary/aromatic N) is 6. The Morgan fingerprint density at radius 3 is 2.87 bits per heavy atom. The summed E-state index contributed by atoms with van der Waals surface area (Å²) in [6.45, 7) is 4.92. The van der Waals surface area contributed by atoms with E-state index in [1.165, 1.54) is 6.42 Å². The molecule has 2 aliphatic rings. The largest absolute Gasteiger partial charge is 0.476 e. The minimum absolute atomic E-state index is 0.595. The van der Waals surface area contributed by atoms with E-state index in [-0.39, 0.29) is 0 Å². The first-order valence-electron chi connectivity index (χ1n) is 8.40. The fourth-order valence-corrected chi connectivity index (χ4v) is 3.40. The molecule has 2 aromatic heterocycles. The molecule has 4 rings (SSSR count). The molecule has 1 saturated heterocycles. The molecule has 23 heavy (non-hydrogen) atoms. The monoisotopic (exact) mass is 314 g/mol. The molecule has 0 aliphatic carbocycles. The van der Waals surface area contributed by atoms with Crippen molar-refractivity contribution in [2.75, 3.05) is 19.7 Å². The maximum absolute atomic E-state index is 5.73. The van der Waals surface area contributed by atoms with E-state index in [1.807, 2.05) is 0 Å². The van der Waals surface area contributed by atoms with E-state index in [1.54, 1.807) is 18.6 Å². The van der Waals surface area contributed by atoms with Crippen LogP contribution in [-0.4, -0.2) is 49.3 Å². The van der Waals surface area contributed by atoms with Gasteiger partial charge >= 0.3 is 0 Å². The molecule has 0 bridgehead atoms. The van der Waals surface area contributed by atoms with E-state index in [9.17, 15) is 0 Å². The van der Waals surface area contributed by atoms with Crippen molar-refractivity contribution in [2.45, 2.75) is 38.8 Å². The number of rotatable bonds is 5. The van der Waals surface area contributed by atoms with E-state index in [0.717, 1.165) is 63.7 Å². The van der Waals surface area contributed by atoms with Gasteiger partial charge in [0.05, 0.1) is 19.3 Å². The normalized spacial score (nSPS) is 19.0. The molecule has 0 aromatic carbocycles. The van der Waals surface area contributed by atoms with Gasteiger partial charge < -0.3 is 9.30 Å². The highest BCUT2D eigenvalue weighted by Gasteiger charge is 2.23. The maximum atomic E-state index is 5.73. The molecule has 0 atom stereocenters. The van der Waals surface area contributed by atoms with Crippen LogP contribution in [0.3, 0.4) is 0 Å². The van der Waals surface area contributed by atoms with Gasteiger partial charge in [0.25, 0.3) is 0 Å². The number of aryl methyl sites for hydroxylation is 1. The average molecular weight is 314 g/mol. The van der Waals surface area contributed by atoms with Gasteiger partial charge in [-0.1, -0.05) is 0 Å². The van der Waals surface area contributed by atoms with Crippen LogP contribution in [0, 0.1) is 5.92 Å². The first-order chi connectivity index (χ1) is 11.4. The predicted molar refractivity (Wildman–Crippen MR) is 83.9 cm³/mol. The van der Waals surface area contributed by atoms with E-state index >= 15 is 0 Å². The molecule has 7 heteroatoms. The summed E-state index contributed by atoms with van der Waals surface area (Å²) in [5.74, 6) is 3.50. The van der Waals surface area contributed by atoms with Crippen LogP contribution < -0.4 is 4.74 Å². The predicted octanol–water partition coefficient (Wildman–Crippen LogP) is 1.31. The van der Waals surface area contributed by atoms with Crippen molar-refractivity contribution in [2.24, 2.45) is 5.92 Å². The molecule has 4 heterocycles. The molecule has 0 spiro atoms. The number of piperidine rings is 1. The Balaban J connectivity index is 1.24. The highest BCUT2D eigenvalue weighted by atomic mass is 16.5. The third-order valence-corrected chi connectivity index (χ3v) is 4.76. The highest BCUT2D eigenvalue weighted by molar-refractivity contribution is 5.02. The fourth-order valence-electron chi connectivity index (χ4n) is 3.40. The molecule has 7 nitrogen and oxygen atoms in total. The fraction of sp³-hybridized carbons (Fsp3) is 0.625. The van der Waals surface area contributed by atoms with Crippen molar-refractivity contribution < 1.29 is 4.74 Å². The SMILES string of the molecule is c1cnc(OCC2CCN(Cc3nnc4n3CCC4)CC2)cn1. The molecule has 0 amide bonds. The number of hydrogen-bond donors (Lipinski definition) is 0. The van der Waals surface area contributed by atoms with Gasteiger partial charge in [-0.15, -0.1) is 10.2 Å². The molecule has 0 N–H and O–H groups in total. The molecule has 0 saturated carbocycles. The minimum atomic E-state index is 0.595. The molecule has 1 fully saturated rings. The van der Waals surface area contributed by atoms with Crippen LogP contribution in [0.15, 0.2) is 18.6 Å². The van der Waals surface area contributed by atoms with Gasteiger partial charge in [0, 0.05) is 25.4 Å². The summed E-state index contributed by atoms with van der Waals surface area (Å²) in [4.78, 5) is 10.6. The van der Waals surface area contributed by atoms with E-state index in [4.69, 9.17) is 4.74 Å². The van der Waals surface area contributed by atoms with Gasteiger partial charge in [-0.2, -0.15) is 0 Å². The second-order valence-corrected chi connectivity index (χ2v) is 6.36. The van der Waals surface area contributed by atoms with Crippen molar-refractivity contribution in [1.82, 2.24) is 29.6 Å². The zero-order valence-electron chi connectivity index (χ0n) is 13.3. The quantitative estimate of drug-likeness (QED) is 0.829. The van der Waals surface area contributed by atoms with Crippen molar-refractivity contribution in [3.05, 3.63) is 30.2 Å². The summed E-state index contributed by atoms with van der Waals surface area (Å²) in [5, 5.41) is 8.65. The number of fused-ring (bicyclic) bond motifs is 1. The number of hydrogen-bond acceptors (Lipinski definition) is 6. The lowest BCUT2D eigenvalue weighted by Gasteiger charge is -2.31. The van der Waals surface area contributed by atoms with Crippen LogP contribution in [0.5, 0.6) is 5.88 Å². The molecule has 2 aromatic rings. The Kier molecular flexibility index (Phi) is 4.19. The highest BCUT2D eigenvalue weighted by Crippen LogP contribution is 2.21. The molecule has 0 unspecified atom stereocenters. The molecule has 2 aliphatic heterocycles. The van der Waals surface area contributed by atoms with Gasteiger partial charge in [-0.25, -0.2) is 4.98 Å². The summed E-state index contributed by atoms with van der Waals surface area (Å²) in [6, 6.07) is 0. The zero-order chi connectivity index (χ0) is 15.5. The first-order valence-corrected chi connectivity index (χ1v) is 8.40. The van der Waals surface area contributed by atoms with E-state index in [2.05, 4.69) is 29.6 Å². The Morgan fingerprint density at radius 2 is 2.04 bits per heavy atom. The third-order valence-electron chi connectivity index (χ3n) is 4.76. The second kappa shape index (κ2) is 6.62. The second-order valence-electron chi connectivity index (χ2n) is 6.36. The van der Waals surface area contributed by atoms with Crippen LogP contribution in [0.2, 0.25) is 0 Å². The molecule has 0 radical (unpaired) electrons. The first kappa shape index (κ1) is 14.6. The maximum Gasteiger partial charge on any atom is 0.232 e. The number of likely N-dealkylation sites (tertiary alicyclic amines) is 1. The smallest absolute Gasteiger partial charge is 0.232 e. The Bertz CT molecular complexity index is 635. The third kappa shape index (κ3) is 3.34. The standard InChI is InChI=1S/C16H22N6O/c1-2-14-19-20-15(22(14)7-1)11-21-8-3-13(4-9-21)12-23-16-10-17-5-6-18-16/h5-6,10,13H,1-4,7-9,11-12H2. The number of aromatic nitrogens is 5. The van der Waals surface area contributed by atoms with Gasteiger partial charge in [-0.3, -0.25) is 9.88 Å². The van der Waals surface area contributed by atoms with Gasteiger partial charge in [0.1, 0.15) is 11.6 Å². The minimum Gasteiger partial charge on any atom is -0.476 e. The van der Waals surface area contributed by atoms with E-state index < -0.39 is 0 Å². The van der Waals surface area contributed by atoms with Crippen molar-refractivity contribution in [3.63, 3.8) is 0 Å². The van der Waals surface area contributed by atoms with Crippen molar-refractivity contribution in [3.8, 4) is 5.88 Å². The topological polar surface area (TPSA) is 69.0 Å². The molecular formula is C16H22N6O. The van der Waals surface area contributed by atoms with Gasteiger partial charge in [0.15, 0.2) is 0 Å². The summed E-state index contributed by atoms with van der Waals surface area (Å²) in [6.07, 6.45) is 9.58. The summed E-state index contributed by atoms with van der Waals surface area (Å²) in [5.41, 5.74) is 0. The van der Waals surface area contributed by atoms with Crippen molar-refractivity contribution in [1.29, 1.82) is 0 Å². The lowest BCUT2D eigenvalue weighted by Crippen LogP contribution is -2.35. The van der Waals surface area contributed by atoms with Gasteiger partial charge in [-0.05, 0) is 38.3 Å². The van der Waals surface area contributed by atoms with Crippen LogP contribution in [-0.2, 0) is 19.5 Å².